The van der Waals surface area contributed by atoms with Gasteiger partial charge in [-0.15, -0.1) is 0 Å². The lowest BCUT2D eigenvalue weighted by atomic mass is 9.71. The van der Waals surface area contributed by atoms with Gasteiger partial charge in [-0.2, -0.15) is 0 Å². The van der Waals surface area contributed by atoms with Crippen LogP contribution in [0.4, 0.5) is 0 Å². The maximum Gasteiger partial charge on any atom is 0.114 e. The number of hydrogen-bond acceptors (Lipinski definition) is 5. The van der Waals surface area contributed by atoms with E-state index in [1.54, 1.807) is 0 Å². The fraction of sp³-hybridized carbons (Fsp3) is 0.595. The van der Waals surface area contributed by atoms with E-state index in [2.05, 4.69) is 68.6 Å². The maximum absolute atomic E-state index is 6.05. The molecule has 3 aliphatic carbocycles. The highest BCUT2D eigenvalue weighted by Gasteiger charge is 2.43. The standard InChI is InChI=1S/C36H53N5.CH4.3H2/c1-8-38-19-29(15-22(2)37)23(3)24(4)32-17-28-13-14-31(28)34(32)25(5)27-11-9-26(10-12-27)16-30-20-39-35(41-30)33-18-36(6,7)21-40-33;;;;/h9,11,28-31,33,38,40H,2-5,8,10,12-21,37H2,1,6-7H3,(H,39,41);1H4;3*1H/t28?,29?,30?,31?,33-;;;;/m0..../s1. The van der Waals surface area contributed by atoms with E-state index in [1.807, 2.05) is 0 Å². The van der Waals surface area contributed by atoms with Crippen LogP contribution < -0.4 is 21.7 Å². The average molecular weight is 578 g/mol. The smallest absolute Gasteiger partial charge is 0.114 e. The number of nitrogens with one attached hydrogen (secondary N) is 3. The SMILES string of the molecule is C.C=C(N)CC(CNCC)C(=C)C(=C)C1=C(C(=C)C2=CC=C(CC3CN=C([C@@H]4CC(C)(C)CN4)N3)CC2)C2CCC2C1.[HH].[HH].[HH]. The first-order chi connectivity index (χ1) is 19.6. The summed E-state index contributed by atoms with van der Waals surface area (Å²) in [5.41, 5.74) is 16.3. The first kappa shape index (κ1) is 32.3. The molecule has 5 atom stereocenters. The number of hydrogen-bond donors (Lipinski definition) is 4. The second kappa shape index (κ2) is 13.3. The summed E-state index contributed by atoms with van der Waals surface area (Å²) < 4.78 is 0. The summed E-state index contributed by atoms with van der Waals surface area (Å²) in [4.78, 5) is 4.88. The van der Waals surface area contributed by atoms with E-state index in [-0.39, 0.29) is 17.6 Å². The Morgan fingerprint density at radius 3 is 2.57 bits per heavy atom. The zero-order valence-electron chi connectivity index (χ0n) is 25.9. The second-order valence-electron chi connectivity index (χ2n) is 14.0. The first-order valence-electron chi connectivity index (χ1n) is 15.9. The third-order valence-corrected chi connectivity index (χ3v) is 10.2. The van der Waals surface area contributed by atoms with Crippen LogP contribution in [0.25, 0.3) is 0 Å². The molecule has 0 aromatic heterocycles. The van der Waals surface area contributed by atoms with E-state index in [4.69, 9.17) is 17.3 Å². The monoisotopic (exact) mass is 578 g/mol. The molecule has 0 spiro atoms. The number of aliphatic imine (C=N–C) groups is 1. The molecule has 0 aromatic carbocycles. The normalized spacial score (nSPS) is 28.4. The van der Waals surface area contributed by atoms with Crippen molar-refractivity contribution in [1.29, 1.82) is 0 Å². The average Bonchev–Trinajstić information content (AvgIpc) is 3.60. The summed E-state index contributed by atoms with van der Waals surface area (Å²) >= 11 is 0. The van der Waals surface area contributed by atoms with Crippen molar-refractivity contribution in [3.8, 4) is 0 Å². The molecule has 5 nitrogen and oxygen atoms in total. The number of fused-ring (bicyclic) bond motifs is 1. The van der Waals surface area contributed by atoms with Gasteiger partial charge in [0, 0.05) is 29.0 Å². The van der Waals surface area contributed by atoms with Crippen LogP contribution in [-0.4, -0.2) is 44.1 Å². The highest BCUT2D eigenvalue weighted by Crippen LogP contribution is 2.56. The second-order valence-corrected chi connectivity index (χ2v) is 14.0. The zero-order chi connectivity index (χ0) is 29.3. The largest absolute Gasteiger partial charge is 0.402 e. The fourth-order valence-electron chi connectivity index (χ4n) is 7.59. The van der Waals surface area contributed by atoms with Gasteiger partial charge in [-0.1, -0.05) is 72.2 Å². The summed E-state index contributed by atoms with van der Waals surface area (Å²) in [5, 5.41) is 10.9. The molecular weight excluding hydrogens is 514 g/mol. The van der Waals surface area contributed by atoms with Gasteiger partial charge >= 0.3 is 0 Å². The molecule has 2 heterocycles. The minimum Gasteiger partial charge on any atom is -0.402 e. The highest BCUT2D eigenvalue weighted by atomic mass is 15.2. The van der Waals surface area contributed by atoms with E-state index >= 15 is 0 Å². The van der Waals surface area contributed by atoms with Gasteiger partial charge in [-0.25, -0.2) is 0 Å². The molecule has 4 unspecified atom stereocenters. The molecule has 2 aliphatic heterocycles. The number of rotatable bonds is 13. The molecule has 5 N–H and O–H groups in total. The third-order valence-electron chi connectivity index (χ3n) is 10.2. The van der Waals surface area contributed by atoms with Gasteiger partial charge in [0.25, 0.3) is 0 Å². The van der Waals surface area contributed by atoms with Crippen molar-refractivity contribution in [2.24, 2.45) is 33.9 Å². The topological polar surface area (TPSA) is 74.5 Å². The molecule has 0 amide bonds. The molecule has 1 saturated carbocycles. The summed E-state index contributed by atoms with van der Waals surface area (Å²) in [6.07, 6.45) is 13.5. The van der Waals surface area contributed by atoms with Crippen molar-refractivity contribution in [3.63, 3.8) is 0 Å². The van der Waals surface area contributed by atoms with Crippen LogP contribution in [0.5, 0.6) is 0 Å². The highest BCUT2D eigenvalue weighted by molar-refractivity contribution is 5.89. The van der Waals surface area contributed by atoms with Crippen LogP contribution in [0.1, 0.15) is 83.8 Å². The molecule has 42 heavy (non-hydrogen) atoms. The number of amidine groups is 1. The van der Waals surface area contributed by atoms with Crippen molar-refractivity contribution >= 4 is 5.84 Å². The number of nitrogens with zero attached hydrogens (tertiary/aromatic N) is 1. The third kappa shape index (κ3) is 6.94. The molecule has 5 rings (SSSR count). The van der Waals surface area contributed by atoms with E-state index in [9.17, 15) is 0 Å². The molecule has 0 radical (unpaired) electrons. The summed E-state index contributed by atoms with van der Waals surface area (Å²) in [7, 11) is 0. The molecule has 0 aromatic rings. The van der Waals surface area contributed by atoms with Crippen LogP contribution in [0.2, 0.25) is 0 Å². The van der Waals surface area contributed by atoms with Crippen molar-refractivity contribution in [3.05, 3.63) is 83.2 Å². The van der Waals surface area contributed by atoms with E-state index in [0.717, 1.165) is 81.8 Å². The van der Waals surface area contributed by atoms with Gasteiger partial charge in [0.05, 0.1) is 18.6 Å². The molecule has 0 bridgehead atoms. The van der Waals surface area contributed by atoms with Crippen molar-refractivity contribution < 1.29 is 4.28 Å². The Labute approximate surface area is 260 Å². The predicted octanol–water partition coefficient (Wildman–Crippen LogP) is 7.64. The van der Waals surface area contributed by atoms with Crippen molar-refractivity contribution in [2.45, 2.75) is 91.6 Å². The van der Waals surface area contributed by atoms with Gasteiger partial charge in [-0.05, 0) is 109 Å². The van der Waals surface area contributed by atoms with Crippen LogP contribution in [0.15, 0.2) is 88.2 Å². The lowest BCUT2D eigenvalue weighted by Gasteiger charge is -2.34. The van der Waals surface area contributed by atoms with Gasteiger partial charge in [0.1, 0.15) is 5.84 Å². The Morgan fingerprint density at radius 1 is 1.19 bits per heavy atom. The van der Waals surface area contributed by atoms with Crippen LogP contribution in [0, 0.1) is 23.2 Å². The van der Waals surface area contributed by atoms with Crippen LogP contribution >= 0.6 is 0 Å². The molecule has 5 heteroatoms. The zero-order valence-corrected chi connectivity index (χ0v) is 25.9. The molecule has 5 aliphatic rings. The van der Waals surface area contributed by atoms with Gasteiger partial charge in [0.2, 0.25) is 0 Å². The Balaban J connectivity index is 0.00000253. The first-order valence-corrected chi connectivity index (χ1v) is 15.9. The summed E-state index contributed by atoms with van der Waals surface area (Å²) in [5.74, 6) is 2.74. The Bertz CT molecular complexity index is 1240. The van der Waals surface area contributed by atoms with E-state index < -0.39 is 0 Å². The molecule has 2 fully saturated rings. The fourth-order valence-corrected chi connectivity index (χ4v) is 7.59. The Hall–Kier alpha value is -2.63. The van der Waals surface area contributed by atoms with Crippen molar-refractivity contribution in [1.82, 2.24) is 16.0 Å². The van der Waals surface area contributed by atoms with Crippen LogP contribution in [0.3, 0.4) is 0 Å². The Morgan fingerprint density at radius 2 is 1.98 bits per heavy atom. The van der Waals surface area contributed by atoms with E-state index in [0.29, 0.717) is 29.1 Å². The molecule has 236 valence electrons. The van der Waals surface area contributed by atoms with Gasteiger partial charge < -0.3 is 21.7 Å². The van der Waals surface area contributed by atoms with E-state index in [1.165, 1.54) is 46.5 Å². The van der Waals surface area contributed by atoms with Crippen LogP contribution in [-0.2, 0) is 0 Å². The summed E-state index contributed by atoms with van der Waals surface area (Å²) in [6, 6.07) is 0.793. The lowest BCUT2D eigenvalue weighted by molar-refractivity contribution is 0.240. The predicted molar refractivity (Wildman–Crippen MR) is 188 cm³/mol. The minimum absolute atomic E-state index is 0. The van der Waals surface area contributed by atoms with Gasteiger partial charge in [0.15, 0.2) is 0 Å². The Kier molecular flexibility index (Phi) is 10.3. The summed E-state index contributed by atoms with van der Waals surface area (Å²) in [6.45, 7) is 28.3. The van der Waals surface area contributed by atoms with Crippen molar-refractivity contribution in [2.75, 3.05) is 26.2 Å². The number of allylic oxidation sites excluding steroid dienone is 8. The van der Waals surface area contributed by atoms with Gasteiger partial charge in [-0.3, -0.25) is 4.99 Å². The lowest BCUT2D eigenvalue weighted by Crippen LogP contribution is -2.41. The quantitative estimate of drug-likeness (QED) is 0.170. The molecule has 1 saturated heterocycles. The number of nitrogens with two attached hydrogens (primary N) is 1. The maximum atomic E-state index is 6.05. The minimum atomic E-state index is 0. The molecular formula is C37H63N5.